The molecule has 0 N–H and O–H groups in total. The average molecular weight is 345 g/mol. The van der Waals surface area contributed by atoms with E-state index >= 15 is 0 Å². The van der Waals surface area contributed by atoms with Crippen LogP contribution in [0.1, 0.15) is 5.56 Å². The molecule has 8 heteroatoms. The number of aryl methyl sites for hydroxylation is 1. The Hall–Kier alpha value is -2.93. The van der Waals surface area contributed by atoms with Crippen LogP contribution in [0.25, 0.3) is 5.69 Å². The molecule has 3 aromatic rings. The third kappa shape index (κ3) is 3.88. The molecule has 0 unspecified atom stereocenters. The van der Waals surface area contributed by atoms with Gasteiger partial charge < -0.3 is 9.47 Å². The fourth-order valence-corrected chi connectivity index (χ4v) is 2.10. The summed E-state index contributed by atoms with van der Waals surface area (Å²) in [5.74, 6) is 0.414. The summed E-state index contributed by atoms with van der Waals surface area (Å²) in [5.41, 5.74) is 1.55. The van der Waals surface area contributed by atoms with Crippen LogP contribution in [0.2, 0.25) is 5.02 Å². The second-order valence-corrected chi connectivity index (χ2v) is 5.33. The average Bonchev–Trinajstić information content (AvgIpc) is 3.11. The Bertz CT molecular complexity index is 852. The van der Waals surface area contributed by atoms with Crippen LogP contribution in [0.4, 0.5) is 0 Å². The van der Waals surface area contributed by atoms with Crippen molar-refractivity contribution in [2.75, 3.05) is 6.61 Å². The molecule has 0 amide bonds. The van der Waals surface area contributed by atoms with E-state index in [1.54, 1.807) is 42.5 Å². The van der Waals surface area contributed by atoms with Crippen LogP contribution in [0.15, 0.2) is 48.8 Å². The van der Waals surface area contributed by atoms with Crippen LogP contribution in [-0.2, 0) is 4.79 Å². The van der Waals surface area contributed by atoms with E-state index in [0.717, 1.165) is 5.56 Å². The van der Waals surface area contributed by atoms with Gasteiger partial charge in [-0.2, -0.15) is 0 Å². The normalized spacial score (nSPS) is 10.4. The largest absolute Gasteiger partial charge is 0.482 e. The van der Waals surface area contributed by atoms with Crippen molar-refractivity contribution in [2.24, 2.45) is 0 Å². The fourth-order valence-electron chi connectivity index (χ4n) is 1.98. The van der Waals surface area contributed by atoms with Crippen molar-refractivity contribution in [3.63, 3.8) is 0 Å². The van der Waals surface area contributed by atoms with Gasteiger partial charge in [0.2, 0.25) is 0 Å². The molecule has 0 bridgehead atoms. The summed E-state index contributed by atoms with van der Waals surface area (Å²) in [6.07, 6.45) is 1.45. The highest BCUT2D eigenvalue weighted by Gasteiger charge is 2.08. The van der Waals surface area contributed by atoms with E-state index in [1.165, 1.54) is 11.0 Å². The predicted octanol–water partition coefficient (Wildman–Crippen LogP) is 2.61. The van der Waals surface area contributed by atoms with Gasteiger partial charge in [0.15, 0.2) is 6.61 Å². The maximum Gasteiger partial charge on any atom is 0.349 e. The zero-order chi connectivity index (χ0) is 16.9. The molecular formula is C16H13ClN4O3. The highest BCUT2D eigenvalue weighted by Crippen LogP contribution is 2.21. The first-order valence-corrected chi connectivity index (χ1v) is 7.43. The van der Waals surface area contributed by atoms with Crippen molar-refractivity contribution in [2.45, 2.75) is 6.92 Å². The minimum absolute atomic E-state index is 0.212. The highest BCUT2D eigenvalue weighted by molar-refractivity contribution is 6.31. The maximum atomic E-state index is 11.9. The number of hydrogen-bond donors (Lipinski definition) is 0. The number of tetrazole rings is 1. The molecule has 122 valence electrons. The molecule has 0 radical (unpaired) electrons. The van der Waals surface area contributed by atoms with E-state index < -0.39 is 5.97 Å². The summed E-state index contributed by atoms with van der Waals surface area (Å²) in [5, 5.41) is 11.5. The standard InChI is InChI=1S/C16H13ClN4O3/c1-11-7-13(5-6-15(11)17)23-9-16(22)24-14-4-2-3-12(8-14)21-10-18-19-20-21/h2-8,10H,9H2,1H3. The lowest BCUT2D eigenvalue weighted by atomic mass is 10.2. The zero-order valence-corrected chi connectivity index (χ0v) is 13.5. The lowest BCUT2D eigenvalue weighted by Gasteiger charge is -2.08. The van der Waals surface area contributed by atoms with Gasteiger partial charge in [-0.15, -0.1) is 5.10 Å². The third-order valence-corrected chi connectivity index (χ3v) is 3.57. The Morgan fingerprint density at radius 2 is 2.08 bits per heavy atom. The monoisotopic (exact) mass is 344 g/mol. The van der Waals surface area contributed by atoms with Crippen molar-refractivity contribution >= 4 is 17.6 Å². The van der Waals surface area contributed by atoms with Crippen molar-refractivity contribution in [3.05, 3.63) is 59.4 Å². The molecule has 2 aromatic carbocycles. The number of nitrogens with zero attached hydrogens (tertiary/aromatic N) is 4. The molecule has 0 aliphatic rings. The van der Waals surface area contributed by atoms with E-state index in [4.69, 9.17) is 21.1 Å². The molecule has 0 saturated carbocycles. The third-order valence-electron chi connectivity index (χ3n) is 3.15. The number of rotatable bonds is 5. The number of benzene rings is 2. The van der Waals surface area contributed by atoms with Crippen LogP contribution < -0.4 is 9.47 Å². The first-order chi connectivity index (χ1) is 11.6. The molecule has 1 heterocycles. The Labute approximate surface area is 142 Å². The minimum Gasteiger partial charge on any atom is -0.482 e. The van der Waals surface area contributed by atoms with Gasteiger partial charge in [0.05, 0.1) is 5.69 Å². The fraction of sp³-hybridized carbons (Fsp3) is 0.125. The zero-order valence-electron chi connectivity index (χ0n) is 12.7. The lowest BCUT2D eigenvalue weighted by molar-refractivity contribution is -0.136. The maximum absolute atomic E-state index is 11.9. The highest BCUT2D eigenvalue weighted by atomic mass is 35.5. The summed E-state index contributed by atoms with van der Waals surface area (Å²) in [6.45, 7) is 1.65. The Balaban J connectivity index is 1.60. The summed E-state index contributed by atoms with van der Waals surface area (Å²) in [7, 11) is 0. The van der Waals surface area contributed by atoms with Gasteiger partial charge in [-0.1, -0.05) is 17.7 Å². The second kappa shape index (κ2) is 7.10. The van der Waals surface area contributed by atoms with E-state index in [-0.39, 0.29) is 6.61 Å². The number of hydrogen-bond acceptors (Lipinski definition) is 6. The van der Waals surface area contributed by atoms with Gasteiger partial charge in [-0.05, 0) is 53.2 Å². The number of aromatic nitrogens is 4. The van der Waals surface area contributed by atoms with Crippen molar-refractivity contribution in [1.82, 2.24) is 20.2 Å². The summed E-state index contributed by atoms with van der Waals surface area (Å²) < 4.78 is 12.1. The molecule has 3 rings (SSSR count). The number of carbonyl (C=O) groups is 1. The number of esters is 1. The van der Waals surface area contributed by atoms with Gasteiger partial charge in [0.1, 0.15) is 17.8 Å². The molecule has 7 nitrogen and oxygen atoms in total. The predicted molar refractivity (Wildman–Crippen MR) is 86.5 cm³/mol. The molecule has 0 atom stereocenters. The molecule has 0 aliphatic heterocycles. The topological polar surface area (TPSA) is 79.1 Å². The first-order valence-electron chi connectivity index (χ1n) is 7.05. The van der Waals surface area contributed by atoms with Crippen LogP contribution in [-0.4, -0.2) is 32.8 Å². The van der Waals surface area contributed by atoms with Crippen molar-refractivity contribution in [3.8, 4) is 17.2 Å². The smallest absolute Gasteiger partial charge is 0.349 e. The minimum atomic E-state index is -0.517. The van der Waals surface area contributed by atoms with Crippen LogP contribution in [0.3, 0.4) is 0 Å². The molecule has 0 saturated heterocycles. The molecular weight excluding hydrogens is 332 g/mol. The Morgan fingerprint density at radius 1 is 1.21 bits per heavy atom. The Kier molecular flexibility index (Phi) is 4.72. The summed E-state index contributed by atoms with van der Waals surface area (Å²) in [4.78, 5) is 11.9. The number of halogens is 1. The van der Waals surface area contributed by atoms with E-state index in [9.17, 15) is 4.79 Å². The van der Waals surface area contributed by atoms with Crippen molar-refractivity contribution in [1.29, 1.82) is 0 Å². The summed E-state index contributed by atoms with van der Waals surface area (Å²) >= 11 is 5.94. The van der Waals surface area contributed by atoms with E-state index in [2.05, 4.69) is 15.5 Å². The molecule has 0 spiro atoms. The quantitative estimate of drug-likeness (QED) is 0.523. The number of carbonyl (C=O) groups excluding carboxylic acids is 1. The van der Waals surface area contributed by atoms with Gasteiger partial charge in [-0.25, -0.2) is 9.48 Å². The molecule has 0 fully saturated rings. The molecule has 0 aliphatic carbocycles. The Morgan fingerprint density at radius 3 is 2.83 bits per heavy atom. The van der Waals surface area contributed by atoms with Gasteiger partial charge in [0, 0.05) is 11.1 Å². The SMILES string of the molecule is Cc1cc(OCC(=O)Oc2cccc(-n3cnnn3)c2)ccc1Cl. The number of ether oxygens (including phenoxy) is 2. The van der Waals surface area contributed by atoms with Gasteiger partial charge in [0.25, 0.3) is 0 Å². The lowest BCUT2D eigenvalue weighted by Crippen LogP contribution is -2.17. The molecule has 1 aromatic heterocycles. The first kappa shape index (κ1) is 15.9. The van der Waals surface area contributed by atoms with Crippen LogP contribution in [0.5, 0.6) is 11.5 Å². The van der Waals surface area contributed by atoms with Gasteiger partial charge >= 0.3 is 5.97 Å². The van der Waals surface area contributed by atoms with Crippen molar-refractivity contribution < 1.29 is 14.3 Å². The molecule has 24 heavy (non-hydrogen) atoms. The van der Waals surface area contributed by atoms with E-state index in [0.29, 0.717) is 22.2 Å². The summed E-state index contributed by atoms with van der Waals surface area (Å²) in [6, 6.07) is 12.0. The van der Waals surface area contributed by atoms with E-state index in [1.807, 2.05) is 6.92 Å². The van der Waals surface area contributed by atoms with Crippen LogP contribution >= 0.6 is 11.6 Å². The van der Waals surface area contributed by atoms with Crippen LogP contribution in [0, 0.1) is 6.92 Å². The van der Waals surface area contributed by atoms with Gasteiger partial charge in [-0.3, -0.25) is 0 Å². The second-order valence-electron chi connectivity index (χ2n) is 4.93.